The Morgan fingerprint density at radius 3 is 2.32 bits per heavy atom. The molecular formula is C12H17NO6. The first kappa shape index (κ1) is 14.0. The maximum Gasteiger partial charge on any atom is 0.195 e. The number of rotatable bonds is 3. The molecule has 0 bridgehead atoms. The first-order chi connectivity index (χ1) is 9.02. The van der Waals surface area contributed by atoms with E-state index in [9.17, 15) is 15.3 Å². The largest absolute Gasteiger partial charge is 0.482 e. The van der Waals surface area contributed by atoms with Crippen molar-refractivity contribution < 1.29 is 29.9 Å². The van der Waals surface area contributed by atoms with Crippen LogP contribution >= 0.6 is 0 Å². The summed E-state index contributed by atoms with van der Waals surface area (Å²) >= 11 is 0. The second-order valence-corrected chi connectivity index (χ2v) is 4.38. The molecule has 1 aliphatic rings. The summed E-state index contributed by atoms with van der Waals surface area (Å²) in [7, 11) is 0. The van der Waals surface area contributed by atoms with Crippen molar-refractivity contribution >= 4 is 5.69 Å². The number of benzene rings is 1. The lowest BCUT2D eigenvalue weighted by Crippen LogP contribution is -2.60. The molecule has 0 aromatic heterocycles. The maximum absolute atomic E-state index is 9.87. The van der Waals surface area contributed by atoms with Crippen molar-refractivity contribution in [2.75, 3.05) is 12.3 Å². The molecule has 6 N–H and O–H groups in total. The highest BCUT2D eigenvalue weighted by atomic mass is 16.7. The summed E-state index contributed by atoms with van der Waals surface area (Å²) in [6.07, 6.45) is -6.36. The number of anilines is 1. The number of aliphatic hydroxyl groups excluding tert-OH is 4. The summed E-state index contributed by atoms with van der Waals surface area (Å²) in [5.41, 5.74) is 6.08. The Hall–Kier alpha value is -1.38. The van der Waals surface area contributed by atoms with Gasteiger partial charge in [0.15, 0.2) is 12.4 Å². The van der Waals surface area contributed by atoms with Gasteiger partial charge in [0.25, 0.3) is 0 Å². The highest BCUT2D eigenvalue weighted by Gasteiger charge is 2.45. The smallest absolute Gasteiger partial charge is 0.195 e. The Bertz CT molecular complexity index is 411. The normalized spacial score (nSPS) is 35.1. The zero-order chi connectivity index (χ0) is 14.0. The molecule has 0 spiro atoms. The monoisotopic (exact) mass is 271 g/mol. The molecule has 1 fully saturated rings. The van der Waals surface area contributed by atoms with Crippen LogP contribution in [0.1, 0.15) is 0 Å². The van der Waals surface area contributed by atoms with Gasteiger partial charge in [-0.2, -0.15) is 0 Å². The van der Waals surface area contributed by atoms with E-state index in [1.54, 1.807) is 24.3 Å². The first-order valence-corrected chi connectivity index (χ1v) is 5.85. The van der Waals surface area contributed by atoms with Crippen molar-refractivity contribution in [3.8, 4) is 5.75 Å². The van der Waals surface area contributed by atoms with Crippen LogP contribution in [0.15, 0.2) is 24.3 Å². The van der Waals surface area contributed by atoms with Gasteiger partial charge < -0.3 is 35.6 Å². The molecule has 1 unspecified atom stereocenters. The zero-order valence-electron chi connectivity index (χ0n) is 10.1. The van der Waals surface area contributed by atoms with E-state index < -0.39 is 37.3 Å². The summed E-state index contributed by atoms with van der Waals surface area (Å²) in [5, 5.41) is 38.2. The molecule has 106 valence electrons. The van der Waals surface area contributed by atoms with Crippen LogP contribution < -0.4 is 10.5 Å². The van der Waals surface area contributed by atoms with Crippen LogP contribution in [-0.2, 0) is 4.74 Å². The number of hydrogen-bond acceptors (Lipinski definition) is 7. The Labute approximate surface area is 109 Å². The first-order valence-electron chi connectivity index (χ1n) is 5.85. The van der Waals surface area contributed by atoms with E-state index in [-0.39, 0.29) is 0 Å². The molecule has 1 aliphatic heterocycles. The fraction of sp³-hybridized carbons (Fsp3) is 0.500. The van der Waals surface area contributed by atoms with Crippen LogP contribution in [0, 0.1) is 0 Å². The molecule has 7 heteroatoms. The van der Waals surface area contributed by atoms with Crippen LogP contribution in [0.2, 0.25) is 0 Å². The van der Waals surface area contributed by atoms with Gasteiger partial charge in [-0.25, -0.2) is 0 Å². The van der Waals surface area contributed by atoms with Crippen LogP contribution in [0.25, 0.3) is 0 Å². The Balaban J connectivity index is 2.09. The zero-order valence-corrected chi connectivity index (χ0v) is 10.1. The SMILES string of the molecule is Nc1ccc(O[C@H]2C(O)O[C@H](CO)[C@@H](O)[C@@H]2O)cc1. The topological polar surface area (TPSA) is 125 Å². The molecule has 0 saturated carbocycles. The summed E-state index contributed by atoms with van der Waals surface area (Å²) < 4.78 is 10.3. The molecule has 1 saturated heterocycles. The minimum absolute atomic E-state index is 0.371. The fourth-order valence-corrected chi connectivity index (χ4v) is 1.90. The van der Waals surface area contributed by atoms with Gasteiger partial charge in [-0.1, -0.05) is 0 Å². The average molecular weight is 271 g/mol. The number of hydrogen-bond donors (Lipinski definition) is 5. The van der Waals surface area contributed by atoms with E-state index in [1.165, 1.54) is 0 Å². The van der Waals surface area contributed by atoms with Gasteiger partial charge in [0, 0.05) is 5.69 Å². The van der Waals surface area contributed by atoms with Gasteiger partial charge in [0.05, 0.1) is 6.61 Å². The van der Waals surface area contributed by atoms with Crippen LogP contribution in [0.5, 0.6) is 5.75 Å². The van der Waals surface area contributed by atoms with Gasteiger partial charge in [0.1, 0.15) is 24.1 Å². The van der Waals surface area contributed by atoms with Gasteiger partial charge in [-0.15, -0.1) is 0 Å². The third-order valence-electron chi connectivity index (χ3n) is 2.99. The minimum Gasteiger partial charge on any atom is -0.482 e. The molecule has 1 aromatic rings. The third kappa shape index (κ3) is 2.96. The summed E-state index contributed by atoms with van der Waals surface area (Å²) in [6.45, 7) is -0.510. The van der Waals surface area contributed by atoms with E-state index in [0.29, 0.717) is 11.4 Å². The molecule has 19 heavy (non-hydrogen) atoms. The van der Waals surface area contributed by atoms with Crippen molar-refractivity contribution in [3.63, 3.8) is 0 Å². The summed E-state index contributed by atoms with van der Waals surface area (Å²) in [4.78, 5) is 0. The molecule has 1 aromatic carbocycles. The Morgan fingerprint density at radius 1 is 1.11 bits per heavy atom. The number of aliphatic hydroxyl groups is 4. The van der Waals surface area contributed by atoms with E-state index in [1.807, 2.05) is 0 Å². The average Bonchev–Trinajstić information content (AvgIpc) is 2.41. The maximum atomic E-state index is 9.87. The highest BCUT2D eigenvalue weighted by molar-refractivity contribution is 5.41. The number of nitrogen functional groups attached to an aromatic ring is 1. The van der Waals surface area contributed by atoms with Crippen LogP contribution in [0.3, 0.4) is 0 Å². The molecular weight excluding hydrogens is 254 g/mol. The molecule has 2 rings (SSSR count). The van der Waals surface area contributed by atoms with Gasteiger partial charge in [-0.3, -0.25) is 0 Å². The number of ether oxygens (including phenoxy) is 2. The fourth-order valence-electron chi connectivity index (χ4n) is 1.90. The van der Waals surface area contributed by atoms with Gasteiger partial charge in [-0.05, 0) is 24.3 Å². The standard InChI is InChI=1S/C12H17NO6/c13-6-1-3-7(4-2-6)18-11-10(16)9(15)8(5-14)19-12(11)17/h1-4,8-12,14-17H,5,13H2/t8-,9-,10+,11-,12?/m1/s1. The van der Waals surface area contributed by atoms with Crippen molar-refractivity contribution in [1.29, 1.82) is 0 Å². The third-order valence-corrected chi connectivity index (χ3v) is 2.99. The molecule has 7 nitrogen and oxygen atoms in total. The minimum atomic E-state index is -1.45. The Kier molecular flexibility index (Phi) is 4.23. The lowest BCUT2D eigenvalue weighted by Gasteiger charge is -2.39. The predicted molar refractivity (Wildman–Crippen MR) is 65.2 cm³/mol. The van der Waals surface area contributed by atoms with Crippen molar-refractivity contribution in [1.82, 2.24) is 0 Å². The predicted octanol–water partition coefficient (Wildman–Crippen LogP) is -1.55. The summed E-state index contributed by atoms with van der Waals surface area (Å²) in [5.74, 6) is 0.371. The van der Waals surface area contributed by atoms with Crippen molar-refractivity contribution in [2.24, 2.45) is 0 Å². The molecule has 5 atom stereocenters. The van der Waals surface area contributed by atoms with Crippen molar-refractivity contribution in [3.05, 3.63) is 24.3 Å². The van der Waals surface area contributed by atoms with E-state index >= 15 is 0 Å². The second kappa shape index (κ2) is 5.72. The summed E-state index contributed by atoms with van der Waals surface area (Å²) in [6, 6.07) is 6.34. The molecule has 0 amide bonds. The molecule has 1 heterocycles. The lowest BCUT2D eigenvalue weighted by molar-refractivity contribution is -0.280. The lowest BCUT2D eigenvalue weighted by atomic mass is 9.99. The quantitative estimate of drug-likeness (QED) is 0.421. The Morgan fingerprint density at radius 2 is 1.74 bits per heavy atom. The van der Waals surface area contributed by atoms with E-state index in [2.05, 4.69) is 0 Å². The molecule has 0 radical (unpaired) electrons. The van der Waals surface area contributed by atoms with Crippen LogP contribution in [-0.4, -0.2) is 57.7 Å². The second-order valence-electron chi connectivity index (χ2n) is 4.38. The van der Waals surface area contributed by atoms with Gasteiger partial charge in [0.2, 0.25) is 0 Å². The van der Waals surface area contributed by atoms with Crippen LogP contribution in [0.4, 0.5) is 5.69 Å². The van der Waals surface area contributed by atoms with Crippen molar-refractivity contribution in [2.45, 2.75) is 30.7 Å². The number of nitrogens with two attached hydrogens (primary N) is 1. The van der Waals surface area contributed by atoms with Gasteiger partial charge >= 0.3 is 0 Å². The highest BCUT2D eigenvalue weighted by Crippen LogP contribution is 2.24. The molecule has 0 aliphatic carbocycles. The van der Waals surface area contributed by atoms with E-state index in [0.717, 1.165) is 0 Å². The van der Waals surface area contributed by atoms with E-state index in [4.69, 9.17) is 20.3 Å².